The number of ether oxygens (including phenoxy) is 1. The van der Waals surface area contributed by atoms with Crippen LogP contribution in [0.4, 0.5) is 0 Å². The highest BCUT2D eigenvalue weighted by molar-refractivity contribution is 5.68. The summed E-state index contributed by atoms with van der Waals surface area (Å²) in [5.74, 6) is -0.735. The monoisotopic (exact) mass is 229 g/mol. The molecule has 4 nitrogen and oxygen atoms in total. The minimum absolute atomic E-state index is 0.180. The van der Waals surface area contributed by atoms with E-state index in [1.54, 1.807) is 0 Å². The molecule has 0 aromatic heterocycles. The van der Waals surface area contributed by atoms with Gasteiger partial charge in [-0.05, 0) is 39.7 Å². The van der Waals surface area contributed by atoms with Crippen LogP contribution in [-0.4, -0.2) is 35.4 Å². The van der Waals surface area contributed by atoms with E-state index in [0.717, 1.165) is 25.8 Å². The van der Waals surface area contributed by atoms with E-state index in [0.29, 0.717) is 6.61 Å². The molecule has 1 saturated heterocycles. The van der Waals surface area contributed by atoms with Crippen molar-refractivity contribution in [3.05, 3.63) is 0 Å². The standard InChI is InChI=1S/C12H23NO3/c1-4-6-13-12(8-10(14)15)5-7-16-11(2,3)9-12/h13H,4-9H2,1-3H3,(H,14,15). The maximum atomic E-state index is 11.0. The van der Waals surface area contributed by atoms with Gasteiger partial charge in [-0.15, -0.1) is 0 Å². The topological polar surface area (TPSA) is 58.6 Å². The molecule has 0 amide bonds. The molecule has 4 heteroatoms. The lowest BCUT2D eigenvalue weighted by Crippen LogP contribution is -2.56. The molecule has 1 atom stereocenters. The van der Waals surface area contributed by atoms with E-state index in [-0.39, 0.29) is 17.6 Å². The molecular weight excluding hydrogens is 206 g/mol. The Morgan fingerprint density at radius 3 is 2.69 bits per heavy atom. The summed E-state index contributed by atoms with van der Waals surface area (Å²) in [4.78, 5) is 11.0. The van der Waals surface area contributed by atoms with Gasteiger partial charge >= 0.3 is 5.97 Å². The van der Waals surface area contributed by atoms with Gasteiger partial charge in [0.05, 0.1) is 12.0 Å². The maximum Gasteiger partial charge on any atom is 0.305 e. The Hall–Kier alpha value is -0.610. The molecule has 1 rings (SSSR count). The Labute approximate surface area is 97.4 Å². The predicted octanol–water partition coefficient (Wildman–Crippen LogP) is 1.79. The summed E-state index contributed by atoms with van der Waals surface area (Å²) >= 11 is 0. The van der Waals surface area contributed by atoms with Crippen LogP contribution in [0, 0.1) is 0 Å². The summed E-state index contributed by atoms with van der Waals surface area (Å²) in [5.41, 5.74) is -0.516. The molecule has 0 bridgehead atoms. The van der Waals surface area contributed by atoms with Crippen LogP contribution in [0.2, 0.25) is 0 Å². The van der Waals surface area contributed by atoms with E-state index in [1.165, 1.54) is 0 Å². The van der Waals surface area contributed by atoms with Crippen molar-refractivity contribution < 1.29 is 14.6 Å². The molecule has 0 saturated carbocycles. The third kappa shape index (κ3) is 3.76. The summed E-state index contributed by atoms with van der Waals surface area (Å²) in [6, 6.07) is 0. The van der Waals surface area contributed by atoms with Gasteiger partial charge in [-0.1, -0.05) is 6.92 Å². The minimum Gasteiger partial charge on any atom is -0.481 e. The summed E-state index contributed by atoms with van der Waals surface area (Å²) in [5, 5.41) is 12.4. The Morgan fingerprint density at radius 2 is 2.19 bits per heavy atom. The molecule has 1 aliphatic heterocycles. The van der Waals surface area contributed by atoms with Crippen molar-refractivity contribution in [2.75, 3.05) is 13.2 Å². The van der Waals surface area contributed by atoms with E-state index in [4.69, 9.17) is 9.84 Å². The van der Waals surface area contributed by atoms with E-state index in [9.17, 15) is 4.79 Å². The van der Waals surface area contributed by atoms with Gasteiger partial charge in [0.15, 0.2) is 0 Å². The largest absolute Gasteiger partial charge is 0.481 e. The molecule has 0 aromatic rings. The third-order valence-corrected chi connectivity index (χ3v) is 3.08. The first-order valence-electron chi connectivity index (χ1n) is 6.00. The van der Waals surface area contributed by atoms with Crippen LogP contribution in [0.1, 0.15) is 46.5 Å². The molecular formula is C12H23NO3. The quantitative estimate of drug-likeness (QED) is 0.754. The smallest absolute Gasteiger partial charge is 0.305 e. The number of carbonyl (C=O) groups is 1. The molecule has 2 N–H and O–H groups in total. The van der Waals surface area contributed by atoms with Crippen molar-refractivity contribution in [1.82, 2.24) is 5.32 Å². The Morgan fingerprint density at radius 1 is 1.50 bits per heavy atom. The van der Waals surface area contributed by atoms with Gasteiger partial charge in [-0.25, -0.2) is 0 Å². The van der Waals surface area contributed by atoms with Crippen LogP contribution in [0.3, 0.4) is 0 Å². The van der Waals surface area contributed by atoms with Gasteiger partial charge in [0.1, 0.15) is 0 Å². The highest BCUT2D eigenvalue weighted by atomic mass is 16.5. The normalized spacial score (nSPS) is 28.9. The Bertz CT molecular complexity index is 253. The summed E-state index contributed by atoms with van der Waals surface area (Å²) in [7, 11) is 0. The first kappa shape index (κ1) is 13.5. The van der Waals surface area contributed by atoms with Crippen LogP contribution < -0.4 is 5.32 Å². The lowest BCUT2D eigenvalue weighted by molar-refractivity contribution is -0.143. The number of nitrogens with one attached hydrogen (secondary N) is 1. The Kier molecular flexibility index (Phi) is 4.33. The molecule has 0 aromatic carbocycles. The number of aliphatic carboxylic acids is 1. The fourth-order valence-electron chi connectivity index (χ4n) is 2.52. The highest BCUT2D eigenvalue weighted by Crippen LogP contribution is 2.34. The lowest BCUT2D eigenvalue weighted by Gasteiger charge is -2.45. The van der Waals surface area contributed by atoms with Crippen molar-refractivity contribution in [1.29, 1.82) is 0 Å². The number of hydrogen-bond acceptors (Lipinski definition) is 3. The highest BCUT2D eigenvalue weighted by Gasteiger charge is 2.41. The molecule has 1 unspecified atom stereocenters. The van der Waals surface area contributed by atoms with Crippen molar-refractivity contribution in [3.63, 3.8) is 0 Å². The van der Waals surface area contributed by atoms with Gasteiger partial charge in [0.25, 0.3) is 0 Å². The van der Waals surface area contributed by atoms with Gasteiger partial charge in [-0.3, -0.25) is 4.79 Å². The summed E-state index contributed by atoms with van der Waals surface area (Å²) in [6.45, 7) is 7.64. The zero-order valence-electron chi connectivity index (χ0n) is 10.5. The van der Waals surface area contributed by atoms with Crippen molar-refractivity contribution in [3.8, 4) is 0 Å². The predicted molar refractivity (Wildman–Crippen MR) is 62.5 cm³/mol. The second-order valence-corrected chi connectivity index (χ2v) is 5.31. The minimum atomic E-state index is -0.735. The first-order chi connectivity index (χ1) is 7.39. The molecule has 1 fully saturated rings. The molecule has 1 aliphatic rings. The second kappa shape index (κ2) is 5.15. The van der Waals surface area contributed by atoms with E-state index < -0.39 is 5.97 Å². The fraction of sp³-hybridized carbons (Fsp3) is 0.917. The van der Waals surface area contributed by atoms with E-state index >= 15 is 0 Å². The summed E-state index contributed by atoms with van der Waals surface area (Å²) in [6.07, 6.45) is 2.73. The van der Waals surface area contributed by atoms with Gasteiger partial charge < -0.3 is 15.2 Å². The van der Waals surface area contributed by atoms with Crippen LogP contribution >= 0.6 is 0 Å². The van der Waals surface area contributed by atoms with Gasteiger partial charge in [-0.2, -0.15) is 0 Å². The third-order valence-electron chi connectivity index (χ3n) is 3.08. The van der Waals surface area contributed by atoms with Crippen molar-refractivity contribution >= 4 is 5.97 Å². The SMILES string of the molecule is CCCNC1(CC(=O)O)CCOC(C)(C)C1. The number of carboxylic acid groups (broad SMARTS) is 1. The number of hydrogen-bond donors (Lipinski definition) is 2. The van der Waals surface area contributed by atoms with Gasteiger partial charge in [0.2, 0.25) is 0 Å². The summed E-state index contributed by atoms with van der Waals surface area (Å²) < 4.78 is 5.65. The molecule has 1 heterocycles. The maximum absolute atomic E-state index is 11.0. The van der Waals surface area contributed by atoms with Crippen molar-refractivity contribution in [2.45, 2.75) is 57.6 Å². The van der Waals surface area contributed by atoms with Crippen LogP contribution in [-0.2, 0) is 9.53 Å². The average molecular weight is 229 g/mol. The van der Waals surface area contributed by atoms with Crippen LogP contribution in [0.5, 0.6) is 0 Å². The zero-order valence-corrected chi connectivity index (χ0v) is 10.5. The average Bonchev–Trinajstić information content (AvgIpc) is 2.12. The van der Waals surface area contributed by atoms with E-state index in [1.807, 2.05) is 13.8 Å². The second-order valence-electron chi connectivity index (χ2n) is 5.31. The van der Waals surface area contributed by atoms with Gasteiger partial charge in [0, 0.05) is 12.1 Å². The lowest BCUT2D eigenvalue weighted by atomic mass is 9.79. The molecule has 0 spiro atoms. The molecule has 0 aliphatic carbocycles. The number of rotatable bonds is 5. The van der Waals surface area contributed by atoms with Crippen LogP contribution in [0.25, 0.3) is 0 Å². The molecule has 94 valence electrons. The van der Waals surface area contributed by atoms with Crippen molar-refractivity contribution in [2.24, 2.45) is 0 Å². The van der Waals surface area contributed by atoms with E-state index in [2.05, 4.69) is 12.2 Å². The molecule has 0 radical (unpaired) electrons. The Balaban J connectivity index is 2.72. The zero-order chi connectivity index (χ0) is 12.2. The fourth-order valence-corrected chi connectivity index (χ4v) is 2.52. The van der Waals surface area contributed by atoms with Crippen LogP contribution in [0.15, 0.2) is 0 Å². The molecule has 16 heavy (non-hydrogen) atoms. The first-order valence-corrected chi connectivity index (χ1v) is 6.00. The number of carboxylic acids is 1.